The van der Waals surface area contributed by atoms with E-state index in [4.69, 9.17) is 10.8 Å². The van der Waals surface area contributed by atoms with Gasteiger partial charge in [0, 0.05) is 5.92 Å². The lowest BCUT2D eigenvalue weighted by Crippen LogP contribution is -2.35. The lowest BCUT2D eigenvalue weighted by Gasteiger charge is -2.16. The lowest BCUT2D eigenvalue weighted by atomic mass is 9.92. The molecule has 0 unspecified atom stereocenters. The van der Waals surface area contributed by atoms with E-state index in [1.807, 2.05) is 30.3 Å². The zero-order valence-electron chi connectivity index (χ0n) is 7.76. The van der Waals surface area contributed by atoms with Gasteiger partial charge < -0.3 is 10.8 Å². The first-order chi connectivity index (χ1) is 6.66. The van der Waals surface area contributed by atoms with E-state index < -0.39 is 12.0 Å². The SMILES string of the molecule is C=C[C@H](c1ccccc1)[C@H](N)C(=O)O. The predicted molar refractivity (Wildman–Crippen MR) is 55.0 cm³/mol. The van der Waals surface area contributed by atoms with Gasteiger partial charge in [-0.05, 0) is 5.56 Å². The second-order valence-corrected chi connectivity index (χ2v) is 3.04. The van der Waals surface area contributed by atoms with Crippen LogP contribution in [-0.4, -0.2) is 17.1 Å². The first-order valence-electron chi connectivity index (χ1n) is 4.32. The van der Waals surface area contributed by atoms with Gasteiger partial charge in [0.15, 0.2) is 0 Å². The Balaban J connectivity index is 2.93. The molecule has 0 radical (unpaired) electrons. The van der Waals surface area contributed by atoms with Gasteiger partial charge in [0.05, 0.1) is 0 Å². The van der Waals surface area contributed by atoms with Gasteiger partial charge in [-0.25, -0.2) is 0 Å². The molecule has 1 rings (SSSR count). The van der Waals surface area contributed by atoms with E-state index in [1.54, 1.807) is 6.08 Å². The summed E-state index contributed by atoms with van der Waals surface area (Å²) in [6, 6.07) is 8.32. The summed E-state index contributed by atoms with van der Waals surface area (Å²) in [7, 11) is 0. The zero-order chi connectivity index (χ0) is 10.6. The number of hydrogen-bond acceptors (Lipinski definition) is 2. The van der Waals surface area contributed by atoms with Crippen molar-refractivity contribution in [2.24, 2.45) is 5.73 Å². The van der Waals surface area contributed by atoms with Crippen molar-refractivity contribution in [2.75, 3.05) is 0 Å². The Hall–Kier alpha value is -1.61. The smallest absolute Gasteiger partial charge is 0.321 e. The van der Waals surface area contributed by atoms with Gasteiger partial charge in [-0.15, -0.1) is 6.58 Å². The summed E-state index contributed by atoms with van der Waals surface area (Å²) < 4.78 is 0. The summed E-state index contributed by atoms with van der Waals surface area (Å²) in [4.78, 5) is 10.7. The number of carboxylic acids is 1. The first-order valence-corrected chi connectivity index (χ1v) is 4.32. The molecule has 0 fully saturated rings. The van der Waals surface area contributed by atoms with Gasteiger partial charge >= 0.3 is 5.97 Å². The highest BCUT2D eigenvalue weighted by Crippen LogP contribution is 2.19. The molecule has 0 aliphatic carbocycles. The number of nitrogens with two attached hydrogens (primary N) is 1. The number of benzene rings is 1. The minimum absolute atomic E-state index is 0.339. The van der Waals surface area contributed by atoms with Crippen molar-refractivity contribution in [3.8, 4) is 0 Å². The van der Waals surface area contributed by atoms with Gasteiger partial charge in [0.1, 0.15) is 6.04 Å². The molecule has 3 nitrogen and oxygen atoms in total. The van der Waals surface area contributed by atoms with Crippen LogP contribution in [0.2, 0.25) is 0 Å². The van der Waals surface area contributed by atoms with E-state index in [1.165, 1.54) is 0 Å². The maximum absolute atomic E-state index is 10.7. The van der Waals surface area contributed by atoms with Crippen LogP contribution in [0.3, 0.4) is 0 Å². The quantitative estimate of drug-likeness (QED) is 0.706. The molecule has 0 saturated carbocycles. The van der Waals surface area contributed by atoms with E-state index in [2.05, 4.69) is 6.58 Å². The van der Waals surface area contributed by atoms with Gasteiger partial charge in [0.2, 0.25) is 0 Å². The number of rotatable bonds is 4. The Morgan fingerprint density at radius 3 is 2.43 bits per heavy atom. The van der Waals surface area contributed by atoms with Gasteiger partial charge in [-0.1, -0.05) is 36.4 Å². The van der Waals surface area contributed by atoms with Crippen molar-refractivity contribution in [1.29, 1.82) is 0 Å². The van der Waals surface area contributed by atoms with Crippen molar-refractivity contribution in [2.45, 2.75) is 12.0 Å². The zero-order valence-corrected chi connectivity index (χ0v) is 7.76. The molecule has 1 aromatic carbocycles. The molecule has 1 aromatic rings. The molecule has 0 aromatic heterocycles. The van der Waals surface area contributed by atoms with Crippen molar-refractivity contribution in [1.82, 2.24) is 0 Å². The molecule has 3 N–H and O–H groups in total. The molecule has 0 spiro atoms. The number of carboxylic acid groups (broad SMARTS) is 1. The standard InChI is InChI=1S/C11H13NO2/c1-2-9(10(12)11(13)14)8-6-4-3-5-7-8/h2-7,9-10H,1,12H2,(H,13,14)/t9-,10+/m1/s1. The van der Waals surface area contributed by atoms with E-state index in [-0.39, 0.29) is 5.92 Å². The van der Waals surface area contributed by atoms with Crippen LogP contribution in [0.1, 0.15) is 11.5 Å². The van der Waals surface area contributed by atoms with Crippen LogP contribution in [0.15, 0.2) is 43.0 Å². The highest BCUT2D eigenvalue weighted by atomic mass is 16.4. The van der Waals surface area contributed by atoms with Crippen LogP contribution < -0.4 is 5.73 Å². The molecule has 0 bridgehead atoms. The Labute approximate surface area is 82.9 Å². The number of carbonyl (C=O) groups is 1. The lowest BCUT2D eigenvalue weighted by molar-refractivity contribution is -0.138. The topological polar surface area (TPSA) is 63.3 Å². The second kappa shape index (κ2) is 4.58. The third-order valence-electron chi connectivity index (χ3n) is 2.11. The molecular weight excluding hydrogens is 178 g/mol. The van der Waals surface area contributed by atoms with Gasteiger partial charge in [0.25, 0.3) is 0 Å². The minimum Gasteiger partial charge on any atom is -0.480 e. The molecule has 74 valence electrons. The van der Waals surface area contributed by atoms with E-state index in [9.17, 15) is 4.79 Å². The van der Waals surface area contributed by atoms with Crippen molar-refractivity contribution < 1.29 is 9.90 Å². The molecule has 14 heavy (non-hydrogen) atoms. The summed E-state index contributed by atoms with van der Waals surface area (Å²) in [5.74, 6) is -1.35. The van der Waals surface area contributed by atoms with Crippen LogP contribution in [0, 0.1) is 0 Å². The van der Waals surface area contributed by atoms with E-state index >= 15 is 0 Å². The fraction of sp³-hybridized carbons (Fsp3) is 0.182. The van der Waals surface area contributed by atoms with Gasteiger partial charge in [-0.3, -0.25) is 4.79 Å². The second-order valence-electron chi connectivity index (χ2n) is 3.04. The minimum atomic E-state index is -1.02. The monoisotopic (exact) mass is 191 g/mol. The normalized spacial score (nSPS) is 14.4. The van der Waals surface area contributed by atoms with E-state index in [0.29, 0.717) is 0 Å². The Morgan fingerprint density at radius 1 is 1.43 bits per heavy atom. The summed E-state index contributed by atoms with van der Waals surface area (Å²) in [5, 5.41) is 8.77. The Bertz CT molecular complexity index is 321. The third kappa shape index (κ3) is 2.20. The summed E-state index contributed by atoms with van der Waals surface area (Å²) in [5.41, 5.74) is 6.41. The predicted octanol–water partition coefficient (Wildman–Crippen LogP) is 1.37. The summed E-state index contributed by atoms with van der Waals surface area (Å²) in [6.07, 6.45) is 1.56. The highest BCUT2D eigenvalue weighted by Gasteiger charge is 2.22. The Kier molecular flexibility index (Phi) is 3.42. The largest absolute Gasteiger partial charge is 0.480 e. The number of aliphatic carboxylic acids is 1. The molecule has 0 aliphatic heterocycles. The van der Waals surface area contributed by atoms with Gasteiger partial charge in [-0.2, -0.15) is 0 Å². The van der Waals surface area contributed by atoms with Crippen LogP contribution in [0.25, 0.3) is 0 Å². The summed E-state index contributed by atoms with van der Waals surface area (Å²) >= 11 is 0. The molecular formula is C11H13NO2. The number of hydrogen-bond donors (Lipinski definition) is 2. The Morgan fingerprint density at radius 2 is 2.00 bits per heavy atom. The van der Waals surface area contributed by atoms with Crippen LogP contribution in [0.5, 0.6) is 0 Å². The average Bonchev–Trinajstić information content (AvgIpc) is 2.20. The highest BCUT2D eigenvalue weighted by molar-refractivity contribution is 5.75. The fourth-order valence-electron chi connectivity index (χ4n) is 1.32. The molecule has 0 amide bonds. The van der Waals surface area contributed by atoms with Crippen LogP contribution >= 0.6 is 0 Å². The maximum atomic E-state index is 10.7. The fourth-order valence-corrected chi connectivity index (χ4v) is 1.32. The maximum Gasteiger partial charge on any atom is 0.321 e. The third-order valence-corrected chi connectivity index (χ3v) is 2.11. The molecule has 3 heteroatoms. The van der Waals surface area contributed by atoms with Crippen molar-refractivity contribution in [3.05, 3.63) is 48.6 Å². The van der Waals surface area contributed by atoms with Crippen LogP contribution in [0.4, 0.5) is 0 Å². The molecule has 0 heterocycles. The first kappa shape index (κ1) is 10.5. The van der Waals surface area contributed by atoms with Crippen LogP contribution in [-0.2, 0) is 4.79 Å². The summed E-state index contributed by atoms with van der Waals surface area (Å²) in [6.45, 7) is 3.60. The van der Waals surface area contributed by atoms with E-state index in [0.717, 1.165) is 5.56 Å². The molecule has 0 saturated heterocycles. The van der Waals surface area contributed by atoms with Crippen molar-refractivity contribution >= 4 is 5.97 Å². The average molecular weight is 191 g/mol. The molecule has 2 atom stereocenters. The molecule has 0 aliphatic rings. The van der Waals surface area contributed by atoms with Crippen molar-refractivity contribution in [3.63, 3.8) is 0 Å².